The highest BCUT2D eigenvalue weighted by atomic mass is 19.4. The molecule has 0 amide bonds. The Morgan fingerprint density at radius 3 is 2.69 bits per heavy atom. The zero-order valence-corrected chi connectivity index (χ0v) is 14.7. The van der Waals surface area contributed by atoms with Gasteiger partial charge in [-0.05, 0) is 25.5 Å². The third kappa shape index (κ3) is 6.66. The van der Waals surface area contributed by atoms with Crippen molar-refractivity contribution in [2.75, 3.05) is 13.1 Å². The van der Waals surface area contributed by atoms with Gasteiger partial charge >= 0.3 is 6.36 Å². The van der Waals surface area contributed by atoms with Crippen LogP contribution in [-0.2, 0) is 13.1 Å². The number of alkyl halides is 3. The lowest BCUT2D eigenvalue weighted by Crippen LogP contribution is -2.38. The second kappa shape index (κ2) is 9.12. The van der Waals surface area contributed by atoms with E-state index in [2.05, 4.69) is 25.5 Å². The van der Waals surface area contributed by atoms with Gasteiger partial charge in [0.2, 0.25) is 0 Å². The third-order valence-electron chi connectivity index (χ3n) is 3.35. The summed E-state index contributed by atoms with van der Waals surface area (Å²) in [6.45, 7) is 5.78. The van der Waals surface area contributed by atoms with Gasteiger partial charge in [0.25, 0.3) is 0 Å². The van der Waals surface area contributed by atoms with Crippen molar-refractivity contribution in [2.24, 2.45) is 4.99 Å². The van der Waals surface area contributed by atoms with Gasteiger partial charge in [0.05, 0.1) is 19.3 Å². The first kappa shape index (κ1) is 19.6. The summed E-state index contributed by atoms with van der Waals surface area (Å²) in [6.07, 6.45) is -1.03. The van der Waals surface area contributed by atoms with Crippen molar-refractivity contribution < 1.29 is 17.9 Å². The predicted molar refractivity (Wildman–Crippen MR) is 92.9 cm³/mol. The molecule has 0 atom stereocenters. The smallest absolute Gasteiger partial charge is 0.405 e. The number of aliphatic imine (C=N–C) groups is 1. The normalized spacial score (nSPS) is 12.1. The average Bonchev–Trinajstić information content (AvgIpc) is 2.98. The SMILES string of the molecule is CCNC(=NCc1ccccc1OC(F)(F)F)NCCn1cc(C)cn1. The van der Waals surface area contributed by atoms with Crippen LogP contribution in [0.15, 0.2) is 41.7 Å². The van der Waals surface area contributed by atoms with E-state index in [1.54, 1.807) is 23.0 Å². The Balaban J connectivity index is 1.97. The number of nitrogens with zero attached hydrogens (tertiary/aromatic N) is 3. The number of para-hydroxylation sites is 1. The molecule has 2 aromatic rings. The number of hydrogen-bond donors (Lipinski definition) is 2. The minimum atomic E-state index is -4.73. The van der Waals surface area contributed by atoms with E-state index in [4.69, 9.17) is 0 Å². The van der Waals surface area contributed by atoms with E-state index < -0.39 is 6.36 Å². The summed E-state index contributed by atoms with van der Waals surface area (Å²) in [5, 5.41) is 10.4. The third-order valence-corrected chi connectivity index (χ3v) is 3.35. The van der Waals surface area contributed by atoms with Crippen LogP contribution in [0.4, 0.5) is 13.2 Å². The van der Waals surface area contributed by atoms with Gasteiger partial charge in [-0.3, -0.25) is 4.68 Å². The van der Waals surface area contributed by atoms with Gasteiger partial charge in [0.15, 0.2) is 5.96 Å². The molecule has 0 saturated carbocycles. The van der Waals surface area contributed by atoms with Crippen molar-refractivity contribution in [1.82, 2.24) is 20.4 Å². The average molecular weight is 369 g/mol. The molecule has 2 N–H and O–H groups in total. The number of rotatable bonds is 7. The number of hydrogen-bond acceptors (Lipinski definition) is 3. The van der Waals surface area contributed by atoms with Crippen LogP contribution < -0.4 is 15.4 Å². The predicted octanol–water partition coefficient (Wildman–Crippen LogP) is 2.85. The zero-order chi connectivity index (χ0) is 19.0. The van der Waals surface area contributed by atoms with Crippen LogP contribution in [0.5, 0.6) is 5.75 Å². The Morgan fingerprint density at radius 1 is 1.27 bits per heavy atom. The zero-order valence-electron chi connectivity index (χ0n) is 14.7. The van der Waals surface area contributed by atoms with E-state index in [1.165, 1.54) is 12.1 Å². The number of benzene rings is 1. The lowest BCUT2D eigenvalue weighted by atomic mass is 10.2. The van der Waals surface area contributed by atoms with Gasteiger partial charge in [-0.15, -0.1) is 13.2 Å². The molecule has 6 nitrogen and oxygen atoms in total. The Kier molecular flexibility index (Phi) is 6.88. The molecule has 0 spiro atoms. The summed E-state index contributed by atoms with van der Waals surface area (Å²) in [5.74, 6) is 0.268. The fraction of sp³-hybridized carbons (Fsp3) is 0.412. The number of ether oxygens (including phenoxy) is 1. The second-order valence-corrected chi connectivity index (χ2v) is 5.56. The monoisotopic (exact) mass is 369 g/mol. The summed E-state index contributed by atoms with van der Waals surface area (Å²) in [4.78, 5) is 4.33. The highest BCUT2D eigenvalue weighted by molar-refractivity contribution is 5.79. The maximum atomic E-state index is 12.5. The summed E-state index contributed by atoms with van der Waals surface area (Å²) in [7, 11) is 0. The van der Waals surface area contributed by atoms with Crippen molar-refractivity contribution in [3.05, 3.63) is 47.8 Å². The highest BCUT2D eigenvalue weighted by Crippen LogP contribution is 2.26. The highest BCUT2D eigenvalue weighted by Gasteiger charge is 2.31. The van der Waals surface area contributed by atoms with Crippen LogP contribution in [0, 0.1) is 6.92 Å². The van der Waals surface area contributed by atoms with Crippen molar-refractivity contribution in [1.29, 1.82) is 0 Å². The van der Waals surface area contributed by atoms with Crippen LogP contribution in [0.3, 0.4) is 0 Å². The molecular formula is C17H22F3N5O. The van der Waals surface area contributed by atoms with Gasteiger partial charge in [-0.25, -0.2) is 4.99 Å². The van der Waals surface area contributed by atoms with E-state index in [1.807, 2.05) is 20.0 Å². The van der Waals surface area contributed by atoms with E-state index in [0.29, 0.717) is 31.2 Å². The number of nitrogens with one attached hydrogen (secondary N) is 2. The molecule has 2 rings (SSSR count). The largest absolute Gasteiger partial charge is 0.573 e. The molecule has 1 heterocycles. The maximum Gasteiger partial charge on any atom is 0.573 e. The topological polar surface area (TPSA) is 63.5 Å². The molecule has 0 aliphatic rings. The number of guanidine groups is 1. The first-order valence-corrected chi connectivity index (χ1v) is 8.22. The minimum absolute atomic E-state index is 0.0580. The molecule has 0 aliphatic heterocycles. The summed E-state index contributed by atoms with van der Waals surface area (Å²) in [5.41, 5.74) is 1.43. The molecular weight excluding hydrogens is 347 g/mol. The van der Waals surface area contributed by atoms with E-state index in [0.717, 1.165) is 5.56 Å². The van der Waals surface area contributed by atoms with Gasteiger partial charge in [-0.2, -0.15) is 5.10 Å². The Hall–Kier alpha value is -2.71. The fourth-order valence-electron chi connectivity index (χ4n) is 2.24. The lowest BCUT2D eigenvalue weighted by molar-refractivity contribution is -0.274. The molecule has 9 heteroatoms. The van der Waals surface area contributed by atoms with Gasteiger partial charge in [0, 0.05) is 24.8 Å². The fourth-order valence-corrected chi connectivity index (χ4v) is 2.24. The molecule has 26 heavy (non-hydrogen) atoms. The van der Waals surface area contributed by atoms with E-state index >= 15 is 0 Å². The van der Waals surface area contributed by atoms with Crippen LogP contribution in [0.2, 0.25) is 0 Å². The van der Waals surface area contributed by atoms with Crippen molar-refractivity contribution in [2.45, 2.75) is 33.3 Å². The van der Waals surface area contributed by atoms with Crippen molar-refractivity contribution in [3.63, 3.8) is 0 Å². The lowest BCUT2D eigenvalue weighted by Gasteiger charge is -2.14. The first-order valence-electron chi connectivity index (χ1n) is 8.22. The molecule has 0 saturated heterocycles. The Labute approximate surface area is 150 Å². The molecule has 0 radical (unpaired) electrons. The quantitative estimate of drug-likeness (QED) is 0.582. The second-order valence-electron chi connectivity index (χ2n) is 5.56. The van der Waals surface area contributed by atoms with Crippen LogP contribution in [0.25, 0.3) is 0 Å². The van der Waals surface area contributed by atoms with Crippen molar-refractivity contribution >= 4 is 5.96 Å². The molecule has 142 valence electrons. The first-order chi connectivity index (χ1) is 12.4. The molecule has 0 fully saturated rings. The summed E-state index contributed by atoms with van der Waals surface area (Å²) in [6, 6.07) is 5.97. The van der Waals surface area contributed by atoms with Gasteiger partial charge in [0.1, 0.15) is 5.75 Å². The Morgan fingerprint density at radius 2 is 2.04 bits per heavy atom. The number of halogens is 3. The van der Waals surface area contributed by atoms with E-state index in [-0.39, 0.29) is 12.3 Å². The van der Waals surface area contributed by atoms with Crippen LogP contribution >= 0.6 is 0 Å². The molecule has 0 bridgehead atoms. The standard InChI is InChI=1S/C17H22F3N5O/c1-3-21-16(22-8-9-25-12-13(2)10-24-25)23-11-14-6-4-5-7-15(14)26-17(18,19)20/h4-7,10,12H,3,8-9,11H2,1-2H3,(H2,21,22,23). The summed E-state index contributed by atoms with van der Waals surface area (Å²) >= 11 is 0. The molecule has 1 aromatic carbocycles. The molecule has 0 unspecified atom stereocenters. The molecule has 1 aromatic heterocycles. The summed E-state index contributed by atoms with van der Waals surface area (Å²) < 4.78 is 43.3. The number of aromatic nitrogens is 2. The minimum Gasteiger partial charge on any atom is -0.405 e. The van der Waals surface area contributed by atoms with Crippen LogP contribution in [-0.4, -0.2) is 35.2 Å². The van der Waals surface area contributed by atoms with Crippen molar-refractivity contribution in [3.8, 4) is 5.75 Å². The Bertz CT molecular complexity index is 727. The molecule has 0 aliphatic carbocycles. The van der Waals surface area contributed by atoms with Crippen LogP contribution in [0.1, 0.15) is 18.1 Å². The van der Waals surface area contributed by atoms with E-state index in [9.17, 15) is 13.2 Å². The maximum absolute atomic E-state index is 12.5. The van der Waals surface area contributed by atoms with Gasteiger partial charge < -0.3 is 15.4 Å². The van der Waals surface area contributed by atoms with Gasteiger partial charge in [-0.1, -0.05) is 18.2 Å². The number of aryl methyl sites for hydroxylation is 1.